The number of nitrogens with one attached hydrogen (secondary N) is 1. The first kappa shape index (κ1) is 16.1. The number of amides is 1. The van der Waals surface area contributed by atoms with Gasteiger partial charge in [-0.15, -0.1) is 0 Å². The van der Waals surface area contributed by atoms with Crippen LogP contribution in [0, 0.1) is 0 Å². The van der Waals surface area contributed by atoms with Crippen molar-refractivity contribution in [3.8, 4) is 11.5 Å². The molecule has 23 heavy (non-hydrogen) atoms. The average Bonchev–Trinajstić information content (AvgIpc) is 3.06. The van der Waals surface area contributed by atoms with E-state index in [1.807, 2.05) is 25.1 Å². The molecule has 1 fully saturated rings. The normalized spacial score (nSPS) is 19.6. The summed E-state index contributed by atoms with van der Waals surface area (Å²) in [7, 11) is 0. The molecule has 3 rings (SSSR count). The molecule has 6 nitrogen and oxygen atoms in total. The van der Waals surface area contributed by atoms with Gasteiger partial charge in [-0.2, -0.15) is 0 Å². The van der Waals surface area contributed by atoms with Gasteiger partial charge in [0.15, 0.2) is 11.5 Å². The minimum absolute atomic E-state index is 0.0765. The Labute approximate surface area is 137 Å². The zero-order valence-electron chi connectivity index (χ0n) is 13.9. The first-order chi connectivity index (χ1) is 11.2. The molecule has 1 unspecified atom stereocenters. The maximum absolute atomic E-state index is 12.4. The van der Waals surface area contributed by atoms with Gasteiger partial charge in [0.1, 0.15) is 0 Å². The lowest BCUT2D eigenvalue weighted by Crippen LogP contribution is -2.53. The molecule has 0 bridgehead atoms. The molecule has 2 aliphatic heterocycles. The Morgan fingerprint density at radius 2 is 1.96 bits per heavy atom. The Morgan fingerprint density at radius 3 is 2.70 bits per heavy atom. The molecule has 2 aliphatic rings. The standard InChI is InChI=1S/C17H25N3O3/c1-3-19-6-8-20(9-7-19)13(2)17(21)18-11-14-4-5-15-16(10-14)23-12-22-15/h4-5,10,13H,3,6-9,11-12H2,1-2H3,(H,18,21). The third-order valence-electron chi connectivity index (χ3n) is 4.68. The molecule has 0 saturated carbocycles. The van der Waals surface area contributed by atoms with E-state index in [0.29, 0.717) is 6.54 Å². The van der Waals surface area contributed by atoms with Crippen LogP contribution in [-0.2, 0) is 11.3 Å². The Kier molecular flexibility index (Phi) is 5.03. The zero-order chi connectivity index (χ0) is 16.2. The van der Waals surface area contributed by atoms with Gasteiger partial charge in [-0.3, -0.25) is 9.69 Å². The SMILES string of the molecule is CCN1CCN(C(C)C(=O)NCc2ccc3c(c2)OCO3)CC1. The van der Waals surface area contributed by atoms with Crippen molar-refractivity contribution in [2.24, 2.45) is 0 Å². The summed E-state index contributed by atoms with van der Waals surface area (Å²) in [5, 5.41) is 3.02. The van der Waals surface area contributed by atoms with Crippen LogP contribution < -0.4 is 14.8 Å². The van der Waals surface area contributed by atoms with Crippen LogP contribution in [0.2, 0.25) is 0 Å². The second kappa shape index (κ2) is 7.19. The van der Waals surface area contributed by atoms with Gasteiger partial charge in [0, 0.05) is 32.7 Å². The minimum Gasteiger partial charge on any atom is -0.454 e. The van der Waals surface area contributed by atoms with Crippen LogP contribution in [0.1, 0.15) is 19.4 Å². The van der Waals surface area contributed by atoms with Crippen LogP contribution >= 0.6 is 0 Å². The molecule has 1 atom stereocenters. The molecular weight excluding hydrogens is 294 g/mol. The second-order valence-corrected chi connectivity index (χ2v) is 6.05. The molecule has 0 aliphatic carbocycles. The van der Waals surface area contributed by atoms with E-state index in [1.54, 1.807) is 0 Å². The third kappa shape index (κ3) is 3.76. The van der Waals surface area contributed by atoms with Crippen molar-refractivity contribution in [1.29, 1.82) is 0 Å². The van der Waals surface area contributed by atoms with Crippen molar-refractivity contribution < 1.29 is 14.3 Å². The number of carbonyl (C=O) groups excluding carboxylic acids is 1. The summed E-state index contributed by atoms with van der Waals surface area (Å²) >= 11 is 0. The number of benzene rings is 1. The van der Waals surface area contributed by atoms with E-state index >= 15 is 0 Å². The summed E-state index contributed by atoms with van der Waals surface area (Å²) in [4.78, 5) is 17.0. The highest BCUT2D eigenvalue weighted by atomic mass is 16.7. The number of rotatable bonds is 5. The average molecular weight is 319 g/mol. The van der Waals surface area contributed by atoms with Crippen molar-refractivity contribution in [3.05, 3.63) is 23.8 Å². The monoisotopic (exact) mass is 319 g/mol. The molecule has 1 saturated heterocycles. The van der Waals surface area contributed by atoms with Gasteiger partial charge in [-0.05, 0) is 31.2 Å². The zero-order valence-corrected chi connectivity index (χ0v) is 13.9. The van der Waals surface area contributed by atoms with E-state index in [9.17, 15) is 4.79 Å². The van der Waals surface area contributed by atoms with E-state index in [0.717, 1.165) is 49.8 Å². The van der Waals surface area contributed by atoms with E-state index in [2.05, 4.69) is 22.0 Å². The van der Waals surface area contributed by atoms with Gasteiger partial charge in [0.25, 0.3) is 0 Å². The summed E-state index contributed by atoms with van der Waals surface area (Å²) in [6.45, 7) is 10.00. The number of carbonyl (C=O) groups is 1. The number of fused-ring (bicyclic) bond motifs is 1. The molecule has 0 radical (unpaired) electrons. The second-order valence-electron chi connectivity index (χ2n) is 6.05. The van der Waals surface area contributed by atoms with E-state index < -0.39 is 0 Å². The minimum atomic E-state index is -0.0944. The van der Waals surface area contributed by atoms with Crippen LogP contribution in [0.25, 0.3) is 0 Å². The van der Waals surface area contributed by atoms with E-state index in [-0.39, 0.29) is 18.7 Å². The van der Waals surface area contributed by atoms with Gasteiger partial charge < -0.3 is 19.7 Å². The fourth-order valence-electron chi connectivity index (χ4n) is 3.02. The van der Waals surface area contributed by atoms with Gasteiger partial charge in [-0.1, -0.05) is 13.0 Å². The van der Waals surface area contributed by atoms with E-state index in [4.69, 9.17) is 9.47 Å². The van der Waals surface area contributed by atoms with Crippen molar-refractivity contribution >= 4 is 5.91 Å². The quantitative estimate of drug-likeness (QED) is 0.879. The third-order valence-corrected chi connectivity index (χ3v) is 4.68. The Hall–Kier alpha value is -1.79. The number of piperazine rings is 1. The fourth-order valence-corrected chi connectivity index (χ4v) is 3.02. The Morgan fingerprint density at radius 1 is 1.22 bits per heavy atom. The van der Waals surface area contributed by atoms with Crippen LogP contribution in [0.4, 0.5) is 0 Å². The highest BCUT2D eigenvalue weighted by molar-refractivity contribution is 5.81. The molecular formula is C17H25N3O3. The van der Waals surface area contributed by atoms with Crippen LogP contribution in [0.3, 0.4) is 0 Å². The van der Waals surface area contributed by atoms with Crippen molar-refractivity contribution in [3.63, 3.8) is 0 Å². The van der Waals surface area contributed by atoms with Gasteiger partial charge in [0.2, 0.25) is 12.7 Å². The predicted molar refractivity (Wildman–Crippen MR) is 87.6 cm³/mol. The fraction of sp³-hybridized carbons (Fsp3) is 0.588. The molecule has 1 aromatic rings. The lowest BCUT2D eigenvalue weighted by atomic mass is 10.2. The lowest BCUT2D eigenvalue weighted by molar-refractivity contribution is -0.126. The molecule has 0 spiro atoms. The molecule has 126 valence electrons. The smallest absolute Gasteiger partial charge is 0.237 e. The van der Waals surface area contributed by atoms with Crippen molar-refractivity contribution in [2.45, 2.75) is 26.4 Å². The largest absolute Gasteiger partial charge is 0.454 e. The first-order valence-electron chi connectivity index (χ1n) is 8.30. The number of nitrogens with zero attached hydrogens (tertiary/aromatic N) is 2. The summed E-state index contributed by atoms with van der Waals surface area (Å²) in [6.07, 6.45) is 0. The van der Waals surface area contributed by atoms with Gasteiger partial charge in [-0.25, -0.2) is 0 Å². The van der Waals surface area contributed by atoms with Gasteiger partial charge in [0.05, 0.1) is 6.04 Å². The highest BCUT2D eigenvalue weighted by Gasteiger charge is 2.24. The summed E-state index contributed by atoms with van der Waals surface area (Å²) < 4.78 is 10.7. The maximum Gasteiger partial charge on any atom is 0.237 e. The lowest BCUT2D eigenvalue weighted by Gasteiger charge is -2.36. The number of ether oxygens (including phenoxy) is 2. The topological polar surface area (TPSA) is 54.0 Å². The van der Waals surface area contributed by atoms with Crippen molar-refractivity contribution in [2.75, 3.05) is 39.5 Å². The number of likely N-dealkylation sites (N-methyl/N-ethyl adjacent to an activating group) is 1. The molecule has 2 heterocycles. The van der Waals surface area contributed by atoms with Crippen LogP contribution in [0.5, 0.6) is 11.5 Å². The number of hydrogen-bond donors (Lipinski definition) is 1. The summed E-state index contributed by atoms with van der Waals surface area (Å²) in [6, 6.07) is 5.67. The summed E-state index contributed by atoms with van der Waals surface area (Å²) in [5.41, 5.74) is 1.02. The predicted octanol–water partition coefficient (Wildman–Crippen LogP) is 1.06. The van der Waals surface area contributed by atoms with Crippen molar-refractivity contribution in [1.82, 2.24) is 15.1 Å². The van der Waals surface area contributed by atoms with Crippen LogP contribution in [0.15, 0.2) is 18.2 Å². The Bertz CT molecular complexity index is 556. The van der Waals surface area contributed by atoms with E-state index in [1.165, 1.54) is 0 Å². The highest BCUT2D eigenvalue weighted by Crippen LogP contribution is 2.32. The molecule has 1 amide bonds. The van der Waals surface area contributed by atoms with Gasteiger partial charge >= 0.3 is 0 Å². The molecule has 6 heteroatoms. The Balaban J connectivity index is 1.49. The number of hydrogen-bond acceptors (Lipinski definition) is 5. The maximum atomic E-state index is 12.4. The molecule has 1 aromatic carbocycles. The van der Waals surface area contributed by atoms with Crippen LogP contribution in [-0.4, -0.2) is 61.3 Å². The molecule has 1 N–H and O–H groups in total. The molecule has 0 aromatic heterocycles. The first-order valence-corrected chi connectivity index (χ1v) is 8.30. The summed E-state index contributed by atoms with van der Waals surface area (Å²) in [5.74, 6) is 1.59.